The number of hydrogen-bond donors (Lipinski definition) is 3. The van der Waals surface area contributed by atoms with Crippen LogP contribution in [0.25, 0.3) is 0 Å². The van der Waals surface area contributed by atoms with Crippen LogP contribution >= 0.6 is 0 Å². The molecule has 3 rings (SSSR count). The minimum atomic E-state index is -0.994. The molecular weight excluding hydrogens is 400 g/mol. The summed E-state index contributed by atoms with van der Waals surface area (Å²) in [7, 11) is 0. The van der Waals surface area contributed by atoms with Crippen LogP contribution in [-0.2, 0) is 19.1 Å². The largest absolute Gasteiger partial charge is 0.436 e. The molecule has 0 radical (unpaired) electrons. The number of allylic oxidation sites excluding steroid dienone is 1. The van der Waals surface area contributed by atoms with Crippen molar-refractivity contribution in [1.82, 2.24) is 15.5 Å². The highest BCUT2D eigenvalue weighted by atomic mass is 16.6. The summed E-state index contributed by atoms with van der Waals surface area (Å²) in [4.78, 5) is 52.0. The number of nitrogens with two attached hydrogens (primary N) is 1. The average molecular weight is 435 g/mol. The van der Waals surface area contributed by atoms with E-state index in [2.05, 4.69) is 16.7 Å². The summed E-state index contributed by atoms with van der Waals surface area (Å²) in [6.07, 6.45) is 8.41. The Morgan fingerprint density at radius 2 is 2.06 bits per heavy atom. The van der Waals surface area contributed by atoms with E-state index in [0.29, 0.717) is 38.8 Å². The second-order valence-corrected chi connectivity index (χ2v) is 8.71. The molecule has 4 amide bonds. The zero-order valence-corrected chi connectivity index (χ0v) is 18.2. The van der Waals surface area contributed by atoms with E-state index in [1.165, 1.54) is 4.90 Å². The number of rotatable bonds is 4. The number of nitrogens with one attached hydrogen (secondary N) is 2. The maximum Gasteiger partial charge on any atom is 0.405 e. The lowest BCUT2D eigenvalue weighted by Crippen LogP contribution is -2.56. The van der Waals surface area contributed by atoms with Crippen molar-refractivity contribution in [2.45, 2.75) is 82.4 Å². The molecule has 1 saturated carbocycles. The van der Waals surface area contributed by atoms with Crippen LogP contribution in [0.2, 0.25) is 0 Å². The predicted molar refractivity (Wildman–Crippen MR) is 114 cm³/mol. The number of fused-ring (bicyclic) bond motifs is 2. The Bertz CT molecular complexity index is 739. The van der Waals surface area contributed by atoms with Gasteiger partial charge < -0.3 is 26.0 Å². The smallest absolute Gasteiger partial charge is 0.405 e. The lowest BCUT2D eigenvalue weighted by Gasteiger charge is -2.29. The number of carbonyl (C=O) groups excluding carboxylic acids is 4. The van der Waals surface area contributed by atoms with Gasteiger partial charge in [-0.1, -0.05) is 25.5 Å². The summed E-state index contributed by atoms with van der Waals surface area (Å²) in [5.41, 5.74) is 4.23. The fourth-order valence-corrected chi connectivity index (χ4v) is 4.57. The van der Waals surface area contributed by atoms with Gasteiger partial charge in [0.15, 0.2) is 6.10 Å². The maximum absolute atomic E-state index is 13.2. The molecular formula is C22H34N4O5. The standard InChI is InChI=1S/C22H34N4O5/c1-2-12-24-20(29)22-14-15(22)9-6-4-3-5-7-11-17(31-21(23)30)19(28)26-13-8-10-16(26)18(27)25-22/h6,9,15-17H,2-5,7-8,10-14H2,1H3,(H2,23,30)(H,24,29)(H,25,27)/b9-6+. The van der Waals surface area contributed by atoms with E-state index in [4.69, 9.17) is 10.5 Å². The zero-order chi connectivity index (χ0) is 22.4. The van der Waals surface area contributed by atoms with E-state index in [1.807, 2.05) is 13.0 Å². The lowest BCUT2D eigenvalue weighted by molar-refractivity contribution is -0.146. The second kappa shape index (κ2) is 10.2. The van der Waals surface area contributed by atoms with Gasteiger partial charge in [-0.2, -0.15) is 0 Å². The highest BCUT2D eigenvalue weighted by molar-refractivity contribution is 5.98. The van der Waals surface area contributed by atoms with Crippen LogP contribution < -0.4 is 16.4 Å². The normalized spacial score (nSPS) is 32.5. The third kappa shape index (κ3) is 5.37. The molecule has 0 aromatic rings. The van der Waals surface area contributed by atoms with Crippen molar-refractivity contribution in [3.8, 4) is 0 Å². The topological polar surface area (TPSA) is 131 Å². The number of ether oxygens (including phenoxy) is 1. The quantitative estimate of drug-likeness (QED) is 0.575. The Balaban J connectivity index is 1.82. The van der Waals surface area contributed by atoms with Crippen LogP contribution in [0.1, 0.15) is 64.7 Å². The molecule has 9 nitrogen and oxygen atoms in total. The first kappa shape index (κ1) is 23.1. The number of amides is 4. The molecule has 4 N–H and O–H groups in total. The lowest BCUT2D eigenvalue weighted by atomic mass is 10.1. The van der Waals surface area contributed by atoms with Crippen LogP contribution in [0.4, 0.5) is 4.79 Å². The van der Waals surface area contributed by atoms with Crippen molar-refractivity contribution in [2.75, 3.05) is 13.1 Å². The minimum absolute atomic E-state index is 0.0464. The molecule has 4 unspecified atom stereocenters. The number of primary amides is 1. The van der Waals surface area contributed by atoms with E-state index in [-0.39, 0.29) is 23.6 Å². The van der Waals surface area contributed by atoms with Crippen LogP contribution in [0.15, 0.2) is 12.2 Å². The fraction of sp³-hybridized carbons (Fsp3) is 0.727. The van der Waals surface area contributed by atoms with Gasteiger partial charge in [0.25, 0.3) is 5.91 Å². The van der Waals surface area contributed by atoms with Gasteiger partial charge in [0.2, 0.25) is 11.8 Å². The summed E-state index contributed by atoms with van der Waals surface area (Å²) in [5.74, 6) is -0.940. The molecule has 9 heteroatoms. The molecule has 0 aromatic carbocycles. The zero-order valence-electron chi connectivity index (χ0n) is 18.2. The first-order valence-electron chi connectivity index (χ1n) is 11.4. The van der Waals surface area contributed by atoms with Crippen LogP contribution in [-0.4, -0.2) is 59.5 Å². The van der Waals surface area contributed by atoms with E-state index < -0.39 is 23.8 Å². The molecule has 1 aliphatic carbocycles. The third-order valence-electron chi connectivity index (χ3n) is 6.38. The summed E-state index contributed by atoms with van der Waals surface area (Å²) in [5, 5.41) is 5.87. The highest BCUT2D eigenvalue weighted by Crippen LogP contribution is 2.45. The van der Waals surface area contributed by atoms with Gasteiger partial charge in [-0.15, -0.1) is 0 Å². The molecule has 2 heterocycles. The van der Waals surface area contributed by atoms with Crippen LogP contribution in [0, 0.1) is 5.92 Å². The van der Waals surface area contributed by atoms with Crippen molar-refractivity contribution < 1.29 is 23.9 Å². The number of carbonyl (C=O) groups is 4. The van der Waals surface area contributed by atoms with E-state index >= 15 is 0 Å². The Labute approximate surface area is 183 Å². The molecule has 1 saturated heterocycles. The number of hydrogen-bond acceptors (Lipinski definition) is 5. The van der Waals surface area contributed by atoms with Gasteiger partial charge in [-0.05, 0) is 51.4 Å². The van der Waals surface area contributed by atoms with Crippen LogP contribution in [0.3, 0.4) is 0 Å². The van der Waals surface area contributed by atoms with Gasteiger partial charge in [-0.3, -0.25) is 14.4 Å². The van der Waals surface area contributed by atoms with E-state index in [9.17, 15) is 19.2 Å². The van der Waals surface area contributed by atoms with Gasteiger partial charge in [-0.25, -0.2) is 4.79 Å². The van der Waals surface area contributed by atoms with E-state index in [0.717, 1.165) is 32.1 Å². The molecule has 2 aliphatic heterocycles. The summed E-state index contributed by atoms with van der Waals surface area (Å²) < 4.78 is 5.10. The molecule has 0 bridgehead atoms. The molecule has 0 aromatic heterocycles. The molecule has 172 valence electrons. The molecule has 4 atom stereocenters. The summed E-state index contributed by atoms with van der Waals surface area (Å²) in [6, 6.07) is -0.683. The fourth-order valence-electron chi connectivity index (χ4n) is 4.57. The first-order chi connectivity index (χ1) is 14.9. The van der Waals surface area contributed by atoms with Gasteiger partial charge in [0, 0.05) is 19.0 Å². The van der Waals surface area contributed by atoms with Crippen LogP contribution in [0.5, 0.6) is 0 Å². The highest BCUT2D eigenvalue weighted by Gasteiger charge is 2.60. The molecule has 31 heavy (non-hydrogen) atoms. The Hall–Kier alpha value is -2.58. The number of nitrogens with zero attached hydrogens (tertiary/aromatic N) is 1. The van der Waals surface area contributed by atoms with Crippen molar-refractivity contribution in [2.24, 2.45) is 11.7 Å². The third-order valence-corrected chi connectivity index (χ3v) is 6.38. The minimum Gasteiger partial charge on any atom is -0.436 e. The van der Waals surface area contributed by atoms with Crippen molar-refractivity contribution in [3.05, 3.63) is 12.2 Å². The predicted octanol–water partition coefficient (Wildman–Crippen LogP) is 1.36. The molecule has 2 fully saturated rings. The van der Waals surface area contributed by atoms with Crippen molar-refractivity contribution >= 4 is 23.8 Å². The SMILES string of the molecule is CCCNC(=O)C12CC1/C=C/CCCCCC(OC(N)=O)C(=O)N1CCCC1C(=O)N2. The van der Waals surface area contributed by atoms with Gasteiger partial charge in [0.05, 0.1) is 0 Å². The van der Waals surface area contributed by atoms with Crippen molar-refractivity contribution in [1.29, 1.82) is 0 Å². The van der Waals surface area contributed by atoms with Gasteiger partial charge in [0.1, 0.15) is 11.6 Å². The average Bonchev–Trinajstić information content (AvgIpc) is 3.20. The molecule has 0 spiro atoms. The maximum atomic E-state index is 13.2. The Morgan fingerprint density at radius 1 is 1.26 bits per heavy atom. The van der Waals surface area contributed by atoms with Gasteiger partial charge >= 0.3 is 6.09 Å². The second-order valence-electron chi connectivity index (χ2n) is 8.71. The Kier molecular flexibility index (Phi) is 7.56. The first-order valence-corrected chi connectivity index (χ1v) is 11.4. The van der Waals surface area contributed by atoms with E-state index in [1.54, 1.807) is 0 Å². The summed E-state index contributed by atoms with van der Waals surface area (Å²) in [6.45, 7) is 2.94. The summed E-state index contributed by atoms with van der Waals surface area (Å²) >= 11 is 0. The Morgan fingerprint density at radius 3 is 2.81 bits per heavy atom. The molecule has 3 aliphatic rings. The monoisotopic (exact) mass is 434 g/mol. The van der Waals surface area contributed by atoms with Crippen molar-refractivity contribution in [3.63, 3.8) is 0 Å².